The first-order chi connectivity index (χ1) is 19.2. The first kappa shape index (κ1) is 29.3. The van der Waals surface area contributed by atoms with Gasteiger partial charge in [0.2, 0.25) is 0 Å². The third-order valence-corrected chi connectivity index (χ3v) is 5.16. The van der Waals surface area contributed by atoms with Crippen LogP contribution in [0.4, 0.5) is 5.69 Å². The van der Waals surface area contributed by atoms with Gasteiger partial charge in [-0.1, -0.05) is 18.7 Å². The van der Waals surface area contributed by atoms with Crippen molar-refractivity contribution in [2.24, 2.45) is 5.73 Å². The molecule has 13 heteroatoms. The number of nitrogen functional groups attached to an aromatic ring is 1. The average molecular weight is 547 g/mol. The number of anilines is 1. The second-order valence-electron chi connectivity index (χ2n) is 8.31. The summed E-state index contributed by atoms with van der Waals surface area (Å²) >= 11 is 0. The Morgan fingerprint density at radius 3 is 2.52 bits per heavy atom. The van der Waals surface area contributed by atoms with E-state index >= 15 is 0 Å². The molecule has 2 aromatic carbocycles. The second-order valence-corrected chi connectivity index (χ2v) is 8.31. The molecule has 2 heterocycles. The number of aromatic amines is 1. The van der Waals surface area contributed by atoms with Crippen molar-refractivity contribution in [3.8, 4) is 11.7 Å². The Labute approximate surface area is 229 Å². The number of nitrogens with one attached hydrogen (secondary N) is 3. The van der Waals surface area contributed by atoms with Crippen LogP contribution in [-0.2, 0) is 16.1 Å². The molecule has 0 saturated heterocycles. The maximum atomic E-state index is 12.8. The van der Waals surface area contributed by atoms with Gasteiger partial charge in [0.15, 0.2) is 5.82 Å². The van der Waals surface area contributed by atoms with Gasteiger partial charge in [-0.05, 0) is 53.6 Å². The predicted molar refractivity (Wildman–Crippen MR) is 149 cm³/mol. The molecule has 2 aromatic heterocycles. The molecular weight excluding hydrogens is 516 g/mol. The summed E-state index contributed by atoms with van der Waals surface area (Å²) in [6, 6.07) is 13.8. The van der Waals surface area contributed by atoms with Gasteiger partial charge in [0.1, 0.15) is 24.2 Å². The number of H-pyrrole nitrogens is 1. The molecule has 0 radical (unpaired) electrons. The zero-order valence-electron chi connectivity index (χ0n) is 22.0. The highest BCUT2D eigenvalue weighted by molar-refractivity contribution is 5.95. The van der Waals surface area contributed by atoms with Crippen LogP contribution in [0.5, 0.6) is 5.75 Å². The van der Waals surface area contributed by atoms with Crippen LogP contribution < -0.4 is 21.5 Å². The summed E-state index contributed by atoms with van der Waals surface area (Å²) < 4.78 is 12.3. The van der Waals surface area contributed by atoms with Gasteiger partial charge in [0, 0.05) is 37.7 Å². The molecule has 0 aliphatic heterocycles. The molecule has 0 spiro atoms. The van der Waals surface area contributed by atoms with E-state index in [0.717, 1.165) is 28.4 Å². The van der Waals surface area contributed by atoms with Gasteiger partial charge in [-0.15, -0.1) is 9.78 Å². The van der Waals surface area contributed by atoms with E-state index in [9.17, 15) is 4.79 Å². The monoisotopic (exact) mass is 546 g/mol. The Hall–Kier alpha value is -5.30. The van der Waals surface area contributed by atoms with Crippen molar-refractivity contribution in [3.63, 3.8) is 0 Å². The zero-order valence-corrected chi connectivity index (χ0v) is 22.0. The number of benzene rings is 2. The SMILES string of the molecule is C=CCOc1cc(COC)cc(C(Nc2ccc(C(=N)N)cc2)c2nn(-c3ncccn3)c(=O)[nH]2)c1.CC(=O)O. The molecule has 4 rings (SSSR count). The van der Waals surface area contributed by atoms with Crippen LogP contribution >= 0.6 is 0 Å². The zero-order chi connectivity index (χ0) is 29.1. The first-order valence-electron chi connectivity index (χ1n) is 12.0. The van der Waals surface area contributed by atoms with Crippen LogP contribution in [0.25, 0.3) is 5.95 Å². The molecule has 0 saturated carbocycles. The molecule has 0 aliphatic rings. The maximum absolute atomic E-state index is 12.8. The minimum atomic E-state index is -0.833. The van der Waals surface area contributed by atoms with Crippen molar-refractivity contribution in [1.82, 2.24) is 24.7 Å². The third kappa shape index (κ3) is 8.10. The number of aromatic nitrogens is 5. The molecule has 4 aromatic rings. The number of rotatable bonds is 11. The number of amidine groups is 1. The van der Waals surface area contributed by atoms with Crippen LogP contribution in [0.1, 0.15) is 35.5 Å². The number of hydrogen-bond donors (Lipinski definition) is 5. The van der Waals surface area contributed by atoms with Crippen LogP contribution in [0.2, 0.25) is 0 Å². The number of carbonyl (C=O) groups is 1. The third-order valence-electron chi connectivity index (χ3n) is 5.16. The molecule has 6 N–H and O–H groups in total. The number of carboxylic acid groups (broad SMARTS) is 1. The van der Waals surface area contributed by atoms with Gasteiger partial charge in [0.25, 0.3) is 11.9 Å². The molecule has 40 heavy (non-hydrogen) atoms. The number of aliphatic carboxylic acids is 1. The lowest BCUT2D eigenvalue weighted by atomic mass is 10.0. The van der Waals surface area contributed by atoms with Gasteiger partial charge in [-0.2, -0.15) is 0 Å². The molecule has 0 fully saturated rings. The lowest BCUT2D eigenvalue weighted by Gasteiger charge is -2.20. The van der Waals surface area contributed by atoms with Crippen molar-refractivity contribution >= 4 is 17.5 Å². The van der Waals surface area contributed by atoms with Crippen molar-refractivity contribution in [1.29, 1.82) is 5.41 Å². The summed E-state index contributed by atoms with van der Waals surface area (Å²) in [5.74, 6) is 0.247. The largest absolute Gasteiger partial charge is 0.490 e. The van der Waals surface area contributed by atoms with Crippen molar-refractivity contribution in [2.75, 3.05) is 19.0 Å². The lowest BCUT2D eigenvalue weighted by Crippen LogP contribution is -2.18. The summed E-state index contributed by atoms with van der Waals surface area (Å²) in [5, 5.41) is 22.9. The molecule has 13 nitrogen and oxygen atoms in total. The van der Waals surface area contributed by atoms with E-state index < -0.39 is 17.7 Å². The summed E-state index contributed by atoms with van der Waals surface area (Å²) in [5.41, 5.74) is 8.08. The van der Waals surface area contributed by atoms with Crippen LogP contribution in [0, 0.1) is 5.41 Å². The van der Waals surface area contributed by atoms with Crippen LogP contribution in [0.3, 0.4) is 0 Å². The van der Waals surface area contributed by atoms with E-state index in [1.165, 1.54) is 12.4 Å². The van der Waals surface area contributed by atoms with E-state index in [1.54, 1.807) is 43.5 Å². The molecular formula is C27H30N8O5. The Kier molecular flexibility index (Phi) is 10.3. The predicted octanol–water partition coefficient (Wildman–Crippen LogP) is 2.64. The highest BCUT2D eigenvalue weighted by atomic mass is 16.5. The molecule has 0 aliphatic carbocycles. The van der Waals surface area contributed by atoms with Crippen molar-refractivity contribution in [3.05, 3.63) is 107 Å². The number of methoxy groups -OCH3 is 1. The maximum Gasteiger partial charge on any atom is 0.350 e. The van der Waals surface area contributed by atoms with E-state index in [2.05, 4.69) is 31.9 Å². The highest BCUT2D eigenvalue weighted by Gasteiger charge is 2.22. The average Bonchev–Trinajstić information content (AvgIpc) is 3.32. The quantitative estimate of drug-likeness (QED) is 0.106. The number of nitrogens with two attached hydrogens (primary N) is 1. The number of carboxylic acids is 1. The fraction of sp³-hybridized carbons (Fsp3) is 0.185. The standard InChI is InChI=1S/C25H26N8O3.C2H4O2/c1-3-11-36-20-13-16(15-35-2)12-18(14-20)21(30-19-7-5-17(6-8-19)22(26)27)23-31-25(34)33(32-23)24-28-9-4-10-29-24;1-2(3)4/h3-10,12-14,21,30H,1,11,15H2,2H3,(H3,26,27)(H,31,32,34);1H3,(H,3,4). The fourth-order valence-electron chi connectivity index (χ4n) is 3.57. The van der Waals surface area contributed by atoms with E-state index in [0.29, 0.717) is 30.4 Å². The lowest BCUT2D eigenvalue weighted by molar-refractivity contribution is -0.134. The normalized spacial score (nSPS) is 11.1. The van der Waals surface area contributed by atoms with Gasteiger partial charge in [0.05, 0.1) is 6.61 Å². The summed E-state index contributed by atoms with van der Waals surface area (Å²) in [6.45, 7) is 5.48. The number of hydrogen-bond acceptors (Lipinski definition) is 9. The summed E-state index contributed by atoms with van der Waals surface area (Å²) in [6.07, 6.45) is 4.73. The molecule has 1 atom stereocenters. The number of nitrogens with zero attached hydrogens (tertiary/aromatic N) is 4. The van der Waals surface area contributed by atoms with Gasteiger partial charge in [-0.3, -0.25) is 15.2 Å². The van der Waals surface area contributed by atoms with Crippen molar-refractivity contribution < 1.29 is 19.4 Å². The van der Waals surface area contributed by atoms with Crippen LogP contribution in [0.15, 0.2) is 78.4 Å². The minimum Gasteiger partial charge on any atom is -0.490 e. The molecule has 0 amide bonds. The summed E-state index contributed by atoms with van der Waals surface area (Å²) in [4.78, 5) is 32.8. The van der Waals surface area contributed by atoms with Gasteiger partial charge >= 0.3 is 5.69 Å². The Balaban J connectivity index is 0.00000103. The smallest absolute Gasteiger partial charge is 0.350 e. The van der Waals surface area contributed by atoms with Crippen LogP contribution in [-0.4, -0.2) is 55.4 Å². The van der Waals surface area contributed by atoms with E-state index in [1.807, 2.05) is 18.2 Å². The van der Waals surface area contributed by atoms with Gasteiger partial charge < -0.3 is 25.6 Å². The Bertz CT molecular complexity index is 1500. The fourth-order valence-corrected chi connectivity index (χ4v) is 3.57. The Morgan fingerprint density at radius 2 is 1.93 bits per heavy atom. The second kappa shape index (κ2) is 14.0. The van der Waals surface area contributed by atoms with E-state index in [-0.39, 0.29) is 11.8 Å². The molecule has 1 unspecified atom stereocenters. The highest BCUT2D eigenvalue weighted by Crippen LogP contribution is 2.29. The molecule has 0 bridgehead atoms. The molecule has 208 valence electrons. The topological polar surface area (TPSA) is 194 Å². The van der Waals surface area contributed by atoms with E-state index in [4.69, 9.17) is 30.5 Å². The Morgan fingerprint density at radius 1 is 1.25 bits per heavy atom. The summed E-state index contributed by atoms with van der Waals surface area (Å²) in [7, 11) is 1.61. The van der Waals surface area contributed by atoms with Gasteiger partial charge in [-0.25, -0.2) is 14.8 Å². The minimum absolute atomic E-state index is 0.0275. The first-order valence-corrected chi connectivity index (χ1v) is 12.0. The number of ether oxygens (including phenoxy) is 2. The van der Waals surface area contributed by atoms with Crippen molar-refractivity contribution in [2.45, 2.75) is 19.6 Å².